The molecule has 0 radical (unpaired) electrons. The maximum atomic E-state index is 12.8. The Bertz CT molecular complexity index is 478. The average molecular weight is 313 g/mol. The summed E-state index contributed by atoms with van der Waals surface area (Å²) in [5.41, 5.74) is 0.845. The van der Waals surface area contributed by atoms with Crippen molar-refractivity contribution >= 4 is 23.6 Å². The van der Waals surface area contributed by atoms with E-state index in [1.807, 2.05) is 13.8 Å². The van der Waals surface area contributed by atoms with E-state index in [1.165, 1.54) is 31.0 Å². The van der Waals surface area contributed by atoms with Crippen molar-refractivity contribution in [2.24, 2.45) is 0 Å². The Kier molecular flexibility index (Phi) is 7.22. The maximum Gasteiger partial charge on any atom is 0.306 e. The second-order valence-corrected chi connectivity index (χ2v) is 6.17. The van der Waals surface area contributed by atoms with Crippen molar-refractivity contribution in [1.29, 1.82) is 0 Å². The number of benzene rings is 1. The number of ether oxygens (including phenoxy) is 1. The molecule has 21 heavy (non-hydrogen) atoms. The molecule has 4 nitrogen and oxygen atoms in total. The quantitative estimate of drug-likeness (QED) is 0.786. The molecule has 2 unspecified atom stereocenters. The van der Waals surface area contributed by atoms with Crippen LogP contribution in [0.2, 0.25) is 0 Å². The van der Waals surface area contributed by atoms with Crippen molar-refractivity contribution < 1.29 is 18.7 Å². The molecule has 0 aliphatic heterocycles. The first-order valence-electron chi connectivity index (χ1n) is 6.65. The van der Waals surface area contributed by atoms with Crippen molar-refractivity contribution in [3.63, 3.8) is 0 Å². The van der Waals surface area contributed by atoms with Crippen LogP contribution in [0.4, 0.5) is 4.39 Å². The minimum atomic E-state index is -0.301. The van der Waals surface area contributed by atoms with Gasteiger partial charge in [0.05, 0.1) is 25.3 Å². The first-order valence-corrected chi connectivity index (χ1v) is 7.70. The third-order valence-corrected chi connectivity index (χ3v) is 4.09. The van der Waals surface area contributed by atoms with Gasteiger partial charge in [-0.25, -0.2) is 4.39 Å². The largest absolute Gasteiger partial charge is 0.469 e. The molecule has 0 spiro atoms. The Hall–Kier alpha value is -1.56. The van der Waals surface area contributed by atoms with Gasteiger partial charge in [-0.1, -0.05) is 19.1 Å². The molecule has 2 atom stereocenters. The molecule has 6 heteroatoms. The predicted octanol–water partition coefficient (Wildman–Crippen LogP) is 2.69. The number of hydrogen-bond acceptors (Lipinski definition) is 4. The number of hydrogen-bond donors (Lipinski definition) is 1. The molecule has 0 aliphatic rings. The van der Waals surface area contributed by atoms with E-state index < -0.39 is 0 Å². The highest BCUT2D eigenvalue weighted by Crippen LogP contribution is 2.16. The van der Waals surface area contributed by atoms with Crippen molar-refractivity contribution in [3.05, 3.63) is 35.6 Å². The zero-order valence-electron chi connectivity index (χ0n) is 12.4. The minimum Gasteiger partial charge on any atom is -0.469 e. The van der Waals surface area contributed by atoms with Crippen LogP contribution < -0.4 is 5.32 Å². The number of thioether (sulfide) groups is 1. The summed E-state index contributed by atoms with van der Waals surface area (Å²) in [7, 11) is 1.34. The molecule has 1 N–H and O–H groups in total. The summed E-state index contributed by atoms with van der Waals surface area (Å²) in [5, 5.41) is 2.86. The van der Waals surface area contributed by atoms with E-state index in [4.69, 9.17) is 0 Å². The van der Waals surface area contributed by atoms with Crippen LogP contribution in [0, 0.1) is 5.82 Å². The lowest BCUT2D eigenvalue weighted by atomic mass is 10.1. The number of nitrogens with one attached hydrogen (secondary N) is 1. The normalized spacial score (nSPS) is 13.3. The van der Waals surface area contributed by atoms with Crippen LogP contribution in [-0.4, -0.2) is 30.0 Å². The van der Waals surface area contributed by atoms with E-state index in [0.717, 1.165) is 5.56 Å². The van der Waals surface area contributed by atoms with Crippen LogP contribution >= 0.6 is 11.8 Å². The number of carbonyl (C=O) groups excluding carboxylic acids is 2. The smallest absolute Gasteiger partial charge is 0.306 e. The number of halogens is 1. The molecule has 0 saturated heterocycles. The summed E-state index contributed by atoms with van der Waals surface area (Å²) >= 11 is 1.39. The Balaban J connectivity index is 2.36. The van der Waals surface area contributed by atoms with Crippen molar-refractivity contribution in [3.8, 4) is 0 Å². The first-order chi connectivity index (χ1) is 9.92. The summed E-state index contributed by atoms with van der Waals surface area (Å²) in [6.45, 7) is 3.71. The van der Waals surface area contributed by atoms with E-state index in [1.54, 1.807) is 12.1 Å². The topological polar surface area (TPSA) is 55.4 Å². The first kappa shape index (κ1) is 17.5. The lowest BCUT2D eigenvalue weighted by Crippen LogP contribution is -2.29. The van der Waals surface area contributed by atoms with Crippen molar-refractivity contribution in [2.45, 2.75) is 31.6 Å². The molecule has 0 heterocycles. The Morgan fingerprint density at radius 1 is 1.29 bits per heavy atom. The maximum absolute atomic E-state index is 12.8. The molecule has 1 rings (SSSR count). The molecule has 1 aromatic carbocycles. The van der Waals surface area contributed by atoms with Gasteiger partial charge in [0.25, 0.3) is 0 Å². The number of methoxy groups -OCH3 is 1. The average Bonchev–Trinajstić information content (AvgIpc) is 2.45. The molecule has 0 aliphatic carbocycles. The Morgan fingerprint density at radius 3 is 2.48 bits per heavy atom. The highest BCUT2D eigenvalue weighted by atomic mass is 32.2. The SMILES string of the molecule is COC(=O)CC(C)SCC(=O)NC(C)c1ccc(F)cc1. The van der Waals surface area contributed by atoms with E-state index in [0.29, 0.717) is 0 Å². The van der Waals surface area contributed by atoms with Crippen molar-refractivity contribution in [2.75, 3.05) is 12.9 Å². The summed E-state index contributed by atoms with van der Waals surface area (Å²) < 4.78 is 17.4. The molecule has 0 bridgehead atoms. The third-order valence-electron chi connectivity index (χ3n) is 2.93. The van der Waals surface area contributed by atoms with Crippen LogP contribution in [0.3, 0.4) is 0 Å². The van der Waals surface area contributed by atoms with Gasteiger partial charge in [-0.3, -0.25) is 9.59 Å². The fourth-order valence-corrected chi connectivity index (χ4v) is 2.49. The molecule has 0 fully saturated rings. The van der Waals surface area contributed by atoms with Crippen LogP contribution in [0.15, 0.2) is 24.3 Å². The van der Waals surface area contributed by atoms with Crippen LogP contribution in [-0.2, 0) is 14.3 Å². The molecule has 1 aromatic rings. The van der Waals surface area contributed by atoms with Crippen LogP contribution in [0.5, 0.6) is 0 Å². The second-order valence-electron chi connectivity index (χ2n) is 4.74. The number of amides is 1. The zero-order valence-corrected chi connectivity index (χ0v) is 13.2. The fourth-order valence-electron chi connectivity index (χ4n) is 1.71. The summed E-state index contributed by atoms with van der Waals surface area (Å²) in [5.74, 6) is -0.433. The molecular weight excluding hydrogens is 293 g/mol. The number of esters is 1. The molecule has 1 amide bonds. The van der Waals surface area contributed by atoms with Crippen LogP contribution in [0.25, 0.3) is 0 Å². The van der Waals surface area contributed by atoms with Gasteiger partial charge in [-0.15, -0.1) is 11.8 Å². The lowest BCUT2D eigenvalue weighted by molar-refractivity contribution is -0.140. The monoisotopic (exact) mass is 313 g/mol. The molecular formula is C15H20FNO3S. The predicted molar refractivity (Wildman–Crippen MR) is 81.5 cm³/mol. The van der Waals surface area contributed by atoms with E-state index in [-0.39, 0.29) is 41.2 Å². The number of carbonyl (C=O) groups is 2. The van der Waals surface area contributed by atoms with Crippen LogP contribution in [0.1, 0.15) is 31.9 Å². The number of rotatable bonds is 7. The van der Waals surface area contributed by atoms with Gasteiger partial charge in [-0.05, 0) is 24.6 Å². The van der Waals surface area contributed by atoms with E-state index >= 15 is 0 Å². The Labute approximate surface area is 128 Å². The van der Waals surface area contributed by atoms with Gasteiger partial charge >= 0.3 is 5.97 Å². The highest BCUT2D eigenvalue weighted by Gasteiger charge is 2.14. The van der Waals surface area contributed by atoms with E-state index in [2.05, 4.69) is 10.1 Å². The fraction of sp³-hybridized carbons (Fsp3) is 0.467. The van der Waals surface area contributed by atoms with Gasteiger partial charge in [-0.2, -0.15) is 0 Å². The zero-order chi connectivity index (χ0) is 15.8. The standard InChI is InChI=1S/C15H20FNO3S/c1-10(8-15(19)20-3)21-9-14(18)17-11(2)12-4-6-13(16)7-5-12/h4-7,10-11H,8-9H2,1-3H3,(H,17,18). The van der Waals surface area contributed by atoms with Gasteiger partial charge in [0, 0.05) is 5.25 Å². The molecule has 0 aromatic heterocycles. The second kappa shape index (κ2) is 8.67. The minimum absolute atomic E-state index is 0.0179. The van der Waals surface area contributed by atoms with E-state index in [9.17, 15) is 14.0 Å². The summed E-state index contributed by atoms with van der Waals surface area (Å²) in [4.78, 5) is 22.9. The molecule has 0 saturated carbocycles. The third kappa shape index (κ3) is 6.62. The Morgan fingerprint density at radius 2 is 1.90 bits per heavy atom. The highest BCUT2D eigenvalue weighted by molar-refractivity contribution is 8.00. The summed E-state index contributed by atoms with van der Waals surface area (Å²) in [6.07, 6.45) is 0.280. The molecule has 116 valence electrons. The van der Waals surface area contributed by atoms with Gasteiger partial charge in [0.1, 0.15) is 5.82 Å². The van der Waals surface area contributed by atoms with Gasteiger partial charge < -0.3 is 10.1 Å². The lowest BCUT2D eigenvalue weighted by Gasteiger charge is -2.15. The summed E-state index contributed by atoms with van der Waals surface area (Å²) in [6, 6.07) is 5.84. The van der Waals surface area contributed by atoms with Gasteiger partial charge in [0.2, 0.25) is 5.91 Å². The van der Waals surface area contributed by atoms with Gasteiger partial charge in [0.15, 0.2) is 0 Å². The van der Waals surface area contributed by atoms with Crippen molar-refractivity contribution in [1.82, 2.24) is 5.32 Å².